The van der Waals surface area contributed by atoms with E-state index in [4.69, 9.17) is 14.2 Å². The van der Waals surface area contributed by atoms with Crippen LogP contribution in [0, 0.1) is 0 Å². The molecule has 0 radical (unpaired) electrons. The van der Waals surface area contributed by atoms with Crippen LogP contribution in [0.2, 0.25) is 0 Å². The summed E-state index contributed by atoms with van der Waals surface area (Å²) in [5.74, 6) is -0.877. The van der Waals surface area contributed by atoms with Gasteiger partial charge in [-0.05, 0) is 12.0 Å². The first-order valence-corrected chi connectivity index (χ1v) is 4.42. The topological polar surface area (TPSA) is 27.7 Å². The van der Waals surface area contributed by atoms with E-state index in [1.165, 1.54) is 0 Å². The van der Waals surface area contributed by atoms with E-state index in [1.807, 2.05) is 6.08 Å². The van der Waals surface area contributed by atoms with Crippen molar-refractivity contribution in [2.24, 2.45) is 0 Å². The average Bonchev–Trinajstić information content (AvgIpc) is 2.61. The van der Waals surface area contributed by atoms with Crippen LogP contribution < -0.4 is 0 Å². The van der Waals surface area contributed by atoms with E-state index < -0.39 is 5.97 Å². The van der Waals surface area contributed by atoms with Crippen LogP contribution in [0.25, 0.3) is 0 Å². The van der Waals surface area contributed by atoms with E-state index in [-0.39, 0.29) is 12.2 Å². The normalized spacial score (nSPS) is 43.1. The van der Waals surface area contributed by atoms with Gasteiger partial charge in [0.05, 0.1) is 6.10 Å². The van der Waals surface area contributed by atoms with Crippen LogP contribution in [-0.2, 0) is 14.2 Å². The lowest BCUT2D eigenvalue weighted by molar-refractivity contribution is -0.317. The fourth-order valence-electron chi connectivity index (χ4n) is 1.79. The first-order chi connectivity index (χ1) is 6.18. The first kappa shape index (κ1) is 8.94. The summed E-state index contributed by atoms with van der Waals surface area (Å²) in [6.07, 6.45) is 4.89. The average molecular weight is 182 g/mol. The molecular weight excluding hydrogens is 168 g/mol. The predicted octanol–water partition coefficient (Wildman–Crippen LogP) is 1.61. The smallest absolute Gasteiger partial charge is 0.280 e. The van der Waals surface area contributed by atoms with Crippen LogP contribution in [0.1, 0.15) is 13.3 Å². The minimum Gasteiger partial charge on any atom is -0.331 e. The summed E-state index contributed by atoms with van der Waals surface area (Å²) in [5, 5.41) is 0. The second-order valence-electron chi connectivity index (χ2n) is 3.41. The van der Waals surface area contributed by atoms with Crippen LogP contribution in [0.3, 0.4) is 0 Å². The molecule has 0 aromatic heterocycles. The number of rotatable bonds is 2. The Morgan fingerprint density at radius 3 is 3.08 bits per heavy atom. The van der Waals surface area contributed by atoms with Crippen molar-refractivity contribution in [3.05, 3.63) is 24.3 Å². The summed E-state index contributed by atoms with van der Waals surface area (Å²) in [6.45, 7) is 5.52. The Balaban J connectivity index is 2.14. The lowest BCUT2D eigenvalue weighted by atomic mass is 10.1. The summed E-state index contributed by atoms with van der Waals surface area (Å²) in [5.41, 5.74) is 1.10. The van der Waals surface area contributed by atoms with E-state index in [9.17, 15) is 0 Å². The molecule has 3 heteroatoms. The lowest BCUT2D eigenvalue weighted by Gasteiger charge is -2.21. The zero-order chi connectivity index (χ0) is 9.47. The van der Waals surface area contributed by atoms with Crippen LogP contribution in [0.4, 0.5) is 0 Å². The standard InChI is InChI=1S/C10H14O3/c1-4-7-5-6-8-9(7)13-10(2,11-3)12-8/h4-5,8-9H,1,6H2,2-3H3. The summed E-state index contributed by atoms with van der Waals surface area (Å²) < 4.78 is 16.4. The number of fused-ring (bicyclic) bond motifs is 1. The maximum Gasteiger partial charge on any atom is 0.280 e. The maximum absolute atomic E-state index is 5.64. The van der Waals surface area contributed by atoms with Crippen molar-refractivity contribution in [3.63, 3.8) is 0 Å². The van der Waals surface area contributed by atoms with Gasteiger partial charge in [-0.1, -0.05) is 18.7 Å². The highest BCUT2D eigenvalue weighted by molar-refractivity contribution is 5.29. The van der Waals surface area contributed by atoms with Crippen molar-refractivity contribution in [2.75, 3.05) is 7.11 Å². The van der Waals surface area contributed by atoms with E-state index in [1.54, 1.807) is 14.0 Å². The predicted molar refractivity (Wildman–Crippen MR) is 48.1 cm³/mol. The zero-order valence-electron chi connectivity index (χ0n) is 7.95. The Morgan fingerprint density at radius 1 is 1.69 bits per heavy atom. The van der Waals surface area contributed by atoms with Crippen molar-refractivity contribution in [2.45, 2.75) is 31.5 Å². The van der Waals surface area contributed by atoms with E-state index in [0.29, 0.717) is 0 Å². The van der Waals surface area contributed by atoms with E-state index in [2.05, 4.69) is 12.7 Å². The molecule has 3 nitrogen and oxygen atoms in total. The van der Waals surface area contributed by atoms with Crippen molar-refractivity contribution in [1.29, 1.82) is 0 Å². The molecular formula is C10H14O3. The SMILES string of the molecule is C=CC1=CCC2OC(C)(OC)OC12. The highest BCUT2D eigenvalue weighted by Crippen LogP contribution is 2.38. The molecule has 3 atom stereocenters. The molecule has 3 unspecified atom stereocenters. The minimum atomic E-state index is -0.877. The lowest BCUT2D eigenvalue weighted by Crippen LogP contribution is -2.29. The number of methoxy groups -OCH3 is 1. The van der Waals surface area contributed by atoms with E-state index in [0.717, 1.165) is 12.0 Å². The Bertz CT molecular complexity index is 259. The van der Waals surface area contributed by atoms with Gasteiger partial charge >= 0.3 is 0 Å². The molecule has 0 aromatic rings. The summed E-state index contributed by atoms with van der Waals surface area (Å²) in [7, 11) is 1.58. The van der Waals surface area contributed by atoms with Crippen molar-refractivity contribution >= 4 is 0 Å². The first-order valence-electron chi connectivity index (χ1n) is 4.42. The summed E-state index contributed by atoms with van der Waals surface area (Å²) in [4.78, 5) is 0. The number of hydrogen-bond acceptors (Lipinski definition) is 3. The fraction of sp³-hybridized carbons (Fsp3) is 0.600. The van der Waals surface area contributed by atoms with Crippen LogP contribution in [-0.4, -0.2) is 25.3 Å². The van der Waals surface area contributed by atoms with Crippen LogP contribution in [0.5, 0.6) is 0 Å². The van der Waals surface area contributed by atoms with Crippen molar-refractivity contribution in [3.8, 4) is 0 Å². The van der Waals surface area contributed by atoms with Gasteiger partial charge in [0.2, 0.25) is 0 Å². The van der Waals surface area contributed by atoms with Gasteiger partial charge in [-0.2, -0.15) is 0 Å². The molecule has 0 saturated carbocycles. The second kappa shape index (κ2) is 2.94. The third-order valence-corrected chi connectivity index (χ3v) is 2.57. The second-order valence-corrected chi connectivity index (χ2v) is 3.41. The molecule has 2 aliphatic rings. The monoisotopic (exact) mass is 182 g/mol. The Labute approximate surface area is 78.0 Å². The molecule has 13 heavy (non-hydrogen) atoms. The third-order valence-electron chi connectivity index (χ3n) is 2.57. The van der Waals surface area contributed by atoms with Crippen molar-refractivity contribution in [1.82, 2.24) is 0 Å². The quantitative estimate of drug-likeness (QED) is 0.649. The summed E-state index contributed by atoms with van der Waals surface area (Å²) in [6, 6.07) is 0. The Hall–Kier alpha value is -0.640. The number of ether oxygens (including phenoxy) is 3. The maximum atomic E-state index is 5.64. The third kappa shape index (κ3) is 1.33. The molecule has 0 bridgehead atoms. The Kier molecular flexibility index (Phi) is 2.02. The molecule has 1 heterocycles. The molecule has 0 aromatic carbocycles. The molecule has 1 fully saturated rings. The molecule has 1 saturated heterocycles. The number of hydrogen-bond donors (Lipinski definition) is 0. The molecule has 0 amide bonds. The van der Waals surface area contributed by atoms with E-state index >= 15 is 0 Å². The van der Waals surface area contributed by atoms with Gasteiger partial charge in [0.15, 0.2) is 0 Å². The molecule has 1 aliphatic heterocycles. The van der Waals surface area contributed by atoms with Crippen LogP contribution >= 0.6 is 0 Å². The largest absolute Gasteiger partial charge is 0.331 e. The molecule has 2 rings (SSSR count). The Morgan fingerprint density at radius 2 is 2.46 bits per heavy atom. The van der Waals surface area contributed by atoms with Crippen LogP contribution in [0.15, 0.2) is 24.3 Å². The fourth-order valence-corrected chi connectivity index (χ4v) is 1.79. The molecule has 72 valence electrons. The van der Waals surface area contributed by atoms with Gasteiger partial charge in [-0.3, -0.25) is 0 Å². The van der Waals surface area contributed by atoms with Gasteiger partial charge < -0.3 is 14.2 Å². The van der Waals surface area contributed by atoms with Gasteiger partial charge in [0, 0.05) is 14.0 Å². The van der Waals surface area contributed by atoms with Gasteiger partial charge in [0.25, 0.3) is 5.97 Å². The molecule has 0 spiro atoms. The minimum absolute atomic E-state index is 0.00227. The van der Waals surface area contributed by atoms with Gasteiger partial charge in [-0.15, -0.1) is 0 Å². The van der Waals surface area contributed by atoms with Gasteiger partial charge in [0.1, 0.15) is 6.10 Å². The highest BCUT2D eigenvalue weighted by Gasteiger charge is 2.47. The van der Waals surface area contributed by atoms with Gasteiger partial charge in [-0.25, -0.2) is 0 Å². The van der Waals surface area contributed by atoms with Crippen molar-refractivity contribution < 1.29 is 14.2 Å². The zero-order valence-corrected chi connectivity index (χ0v) is 7.95. The molecule has 1 aliphatic carbocycles. The highest BCUT2D eigenvalue weighted by atomic mass is 16.9. The molecule has 0 N–H and O–H groups in total. The summed E-state index contributed by atoms with van der Waals surface area (Å²) >= 11 is 0.